The zero-order valence-electron chi connectivity index (χ0n) is 14.3. The molecule has 132 valence electrons. The number of amides is 2. The third kappa shape index (κ3) is 5.94. The number of hydrogen-bond acceptors (Lipinski definition) is 4. The van der Waals surface area contributed by atoms with Crippen LogP contribution in [0.25, 0.3) is 0 Å². The van der Waals surface area contributed by atoms with Gasteiger partial charge in [-0.15, -0.1) is 0 Å². The predicted molar refractivity (Wildman–Crippen MR) is 92.9 cm³/mol. The Hall–Kier alpha value is -1.92. The molecule has 6 heteroatoms. The van der Waals surface area contributed by atoms with Gasteiger partial charge >= 0.3 is 0 Å². The van der Waals surface area contributed by atoms with Crippen molar-refractivity contribution in [3.63, 3.8) is 0 Å². The molecule has 2 rings (SSSR count). The number of methoxy groups -OCH3 is 1. The number of anilines is 2. The first-order valence-electron chi connectivity index (χ1n) is 8.39. The Bertz CT molecular complexity index is 562. The summed E-state index contributed by atoms with van der Waals surface area (Å²) in [7, 11) is 1.46. The maximum atomic E-state index is 12.1. The van der Waals surface area contributed by atoms with Gasteiger partial charge in [-0.1, -0.05) is 25.8 Å². The van der Waals surface area contributed by atoms with Crippen molar-refractivity contribution in [2.75, 3.05) is 31.0 Å². The van der Waals surface area contributed by atoms with Gasteiger partial charge in [0.25, 0.3) is 0 Å². The minimum atomic E-state index is -0.240. The van der Waals surface area contributed by atoms with Crippen LogP contribution in [0.15, 0.2) is 24.3 Å². The first-order chi connectivity index (χ1) is 11.6. The van der Waals surface area contributed by atoms with Gasteiger partial charge in [0.15, 0.2) is 0 Å². The largest absolute Gasteiger partial charge is 0.375 e. The van der Waals surface area contributed by atoms with Crippen LogP contribution in [-0.4, -0.2) is 38.2 Å². The number of benzene rings is 1. The van der Waals surface area contributed by atoms with Crippen molar-refractivity contribution in [3.05, 3.63) is 24.3 Å². The summed E-state index contributed by atoms with van der Waals surface area (Å²) in [5.41, 5.74) is 1.23. The molecule has 1 aromatic rings. The van der Waals surface area contributed by atoms with Crippen LogP contribution in [0.3, 0.4) is 0 Å². The van der Waals surface area contributed by atoms with Crippen LogP contribution in [0.4, 0.5) is 11.4 Å². The Labute approximate surface area is 142 Å². The van der Waals surface area contributed by atoms with E-state index >= 15 is 0 Å². The zero-order chi connectivity index (χ0) is 17.4. The standard InChI is InChI=1S/C18H26N2O4/c1-13-6-3-4-9-16(13)24-12-18(22)20-15-8-5-7-14(10-15)19-17(21)11-23-2/h5,7-8,10,13,16H,3-4,6,9,11-12H2,1-2H3,(H,19,21)(H,20,22)/t13-,16-/m0/s1. The smallest absolute Gasteiger partial charge is 0.250 e. The molecule has 0 aliphatic heterocycles. The second kappa shape index (κ2) is 9.39. The van der Waals surface area contributed by atoms with Gasteiger partial charge in [-0.3, -0.25) is 9.59 Å². The van der Waals surface area contributed by atoms with E-state index in [1.807, 2.05) is 0 Å². The minimum absolute atomic E-state index is 0.00992. The Kier molecular flexibility index (Phi) is 7.21. The Balaban J connectivity index is 1.81. The van der Waals surface area contributed by atoms with E-state index in [1.165, 1.54) is 20.0 Å². The van der Waals surface area contributed by atoms with Crippen molar-refractivity contribution in [2.45, 2.75) is 38.7 Å². The van der Waals surface area contributed by atoms with Gasteiger partial charge in [-0.2, -0.15) is 0 Å². The molecule has 0 spiro atoms. The second-order valence-electron chi connectivity index (χ2n) is 6.22. The first kappa shape index (κ1) is 18.4. The maximum absolute atomic E-state index is 12.1. The van der Waals surface area contributed by atoms with Gasteiger partial charge in [0.2, 0.25) is 11.8 Å². The van der Waals surface area contributed by atoms with Gasteiger partial charge < -0.3 is 20.1 Å². The summed E-state index contributed by atoms with van der Waals surface area (Å²) in [4.78, 5) is 23.6. The average molecular weight is 334 g/mol. The summed E-state index contributed by atoms with van der Waals surface area (Å²) < 4.78 is 10.5. The van der Waals surface area contributed by atoms with E-state index in [1.54, 1.807) is 24.3 Å². The lowest BCUT2D eigenvalue weighted by atomic mass is 9.88. The van der Waals surface area contributed by atoms with Gasteiger partial charge in [0.05, 0.1) is 6.10 Å². The molecule has 0 saturated heterocycles. The lowest BCUT2D eigenvalue weighted by molar-refractivity contribution is -0.124. The summed E-state index contributed by atoms with van der Waals surface area (Å²) in [5.74, 6) is 0.0783. The van der Waals surface area contributed by atoms with Crippen LogP contribution in [0.1, 0.15) is 32.6 Å². The maximum Gasteiger partial charge on any atom is 0.250 e. The first-order valence-corrected chi connectivity index (χ1v) is 8.39. The van der Waals surface area contributed by atoms with Crippen molar-refractivity contribution in [2.24, 2.45) is 5.92 Å². The van der Waals surface area contributed by atoms with Crippen molar-refractivity contribution in [3.8, 4) is 0 Å². The van der Waals surface area contributed by atoms with E-state index in [0.717, 1.165) is 12.8 Å². The molecule has 1 aliphatic carbocycles. The molecule has 0 radical (unpaired) electrons. The molecule has 2 N–H and O–H groups in total. The van der Waals surface area contributed by atoms with E-state index in [2.05, 4.69) is 17.6 Å². The third-order valence-corrected chi connectivity index (χ3v) is 4.17. The molecule has 1 aliphatic rings. The summed E-state index contributed by atoms with van der Waals surface area (Å²) in [6.07, 6.45) is 4.77. The number of nitrogens with one attached hydrogen (secondary N) is 2. The highest BCUT2D eigenvalue weighted by atomic mass is 16.5. The number of rotatable bonds is 7. The fourth-order valence-electron chi connectivity index (χ4n) is 2.91. The lowest BCUT2D eigenvalue weighted by Gasteiger charge is -2.28. The van der Waals surface area contributed by atoms with Crippen LogP contribution in [0, 0.1) is 5.92 Å². The van der Waals surface area contributed by atoms with E-state index in [4.69, 9.17) is 9.47 Å². The van der Waals surface area contributed by atoms with E-state index in [-0.39, 0.29) is 31.1 Å². The summed E-state index contributed by atoms with van der Waals surface area (Å²) >= 11 is 0. The summed E-state index contributed by atoms with van der Waals surface area (Å²) in [6.45, 7) is 2.22. The molecular weight excluding hydrogens is 308 g/mol. The van der Waals surface area contributed by atoms with Gasteiger partial charge in [-0.25, -0.2) is 0 Å². The van der Waals surface area contributed by atoms with Crippen molar-refractivity contribution in [1.29, 1.82) is 0 Å². The van der Waals surface area contributed by atoms with Crippen LogP contribution in [0.2, 0.25) is 0 Å². The monoisotopic (exact) mass is 334 g/mol. The highest BCUT2D eigenvalue weighted by Gasteiger charge is 2.22. The molecule has 0 bridgehead atoms. The number of hydrogen-bond donors (Lipinski definition) is 2. The molecule has 2 atom stereocenters. The second-order valence-corrected chi connectivity index (χ2v) is 6.22. The molecule has 24 heavy (non-hydrogen) atoms. The Morgan fingerprint density at radius 2 is 1.71 bits per heavy atom. The van der Waals surface area contributed by atoms with Crippen LogP contribution >= 0.6 is 0 Å². The molecule has 1 aromatic carbocycles. The highest BCUT2D eigenvalue weighted by molar-refractivity contribution is 5.94. The Morgan fingerprint density at radius 3 is 2.33 bits per heavy atom. The molecule has 0 unspecified atom stereocenters. The predicted octanol–water partition coefficient (Wildman–Crippen LogP) is 2.81. The van der Waals surface area contributed by atoms with Crippen LogP contribution in [0.5, 0.6) is 0 Å². The van der Waals surface area contributed by atoms with Crippen molar-refractivity contribution in [1.82, 2.24) is 0 Å². The fourth-order valence-corrected chi connectivity index (χ4v) is 2.91. The molecule has 0 aromatic heterocycles. The molecule has 1 saturated carbocycles. The third-order valence-electron chi connectivity index (χ3n) is 4.17. The van der Waals surface area contributed by atoms with E-state index in [9.17, 15) is 9.59 Å². The van der Waals surface area contributed by atoms with Crippen LogP contribution < -0.4 is 10.6 Å². The SMILES string of the molecule is COCC(=O)Nc1cccc(NC(=O)CO[C@H]2CCCC[C@@H]2C)c1. The summed E-state index contributed by atoms with van der Waals surface area (Å²) in [5, 5.41) is 5.49. The minimum Gasteiger partial charge on any atom is -0.375 e. The average Bonchev–Trinajstić information content (AvgIpc) is 2.54. The normalized spacial score (nSPS) is 20.4. The molecular formula is C18H26N2O4. The number of carbonyl (C=O) groups excluding carboxylic acids is 2. The molecule has 6 nitrogen and oxygen atoms in total. The number of carbonyl (C=O) groups is 2. The van der Waals surface area contributed by atoms with Crippen LogP contribution in [-0.2, 0) is 19.1 Å². The lowest BCUT2D eigenvalue weighted by Crippen LogP contribution is -2.29. The van der Waals surface area contributed by atoms with Gasteiger partial charge in [0.1, 0.15) is 13.2 Å². The van der Waals surface area contributed by atoms with E-state index < -0.39 is 0 Å². The quantitative estimate of drug-likeness (QED) is 0.804. The zero-order valence-corrected chi connectivity index (χ0v) is 14.3. The fraction of sp³-hybridized carbons (Fsp3) is 0.556. The van der Waals surface area contributed by atoms with Gasteiger partial charge in [-0.05, 0) is 37.0 Å². The topological polar surface area (TPSA) is 76.7 Å². The Morgan fingerprint density at radius 1 is 1.08 bits per heavy atom. The van der Waals surface area contributed by atoms with E-state index in [0.29, 0.717) is 17.3 Å². The van der Waals surface area contributed by atoms with Crippen molar-refractivity contribution < 1.29 is 19.1 Å². The molecule has 1 fully saturated rings. The molecule has 2 amide bonds. The molecule has 0 heterocycles. The van der Waals surface area contributed by atoms with Crippen molar-refractivity contribution >= 4 is 23.2 Å². The van der Waals surface area contributed by atoms with Gasteiger partial charge in [0, 0.05) is 18.5 Å². The number of ether oxygens (including phenoxy) is 2. The highest BCUT2D eigenvalue weighted by Crippen LogP contribution is 2.26. The summed E-state index contributed by atoms with van der Waals surface area (Å²) in [6, 6.07) is 6.99.